The third-order valence-electron chi connectivity index (χ3n) is 3.16. The third kappa shape index (κ3) is 3.87. The average Bonchev–Trinajstić information content (AvgIpc) is 2.85. The van der Waals surface area contributed by atoms with Gasteiger partial charge in [-0.15, -0.1) is 10.2 Å². The van der Waals surface area contributed by atoms with Gasteiger partial charge in [0.25, 0.3) is 0 Å². The summed E-state index contributed by atoms with van der Waals surface area (Å²) in [6.45, 7) is 0.885. The number of benzene rings is 1. The molecule has 5 nitrogen and oxygen atoms in total. The van der Waals surface area contributed by atoms with Gasteiger partial charge in [0.15, 0.2) is 0 Å². The van der Waals surface area contributed by atoms with Crippen LogP contribution >= 0.6 is 0 Å². The molecule has 0 aliphatic carbocycles. The van der Waals surface area contributed by atoms with Gasteiger partial charge in [0.05, 0.1) is 6.54 Å². The van der Waals surface area contributed by atoms with Crippen LogP contribution in [0.5, 0.6) is 0 Å². The lowest BCUT2D eigenvalue weighted by atomic mass is 10.0. The van der Waals surface area contributed by atoms with E-state index in [0.29, 0.717) is 6.54 Å². The van der Waals surface area contributed by atoms with Gasteiger partial charge in [-0.3, -0.25) is 0 Å². The Bertz CT molecular complexity index is 483. The van der Waals surface area contributed by atoms with Crippen molar-refractivity contribution in [1.82, 2.24) is 20.1 Å². The largest absolute Gasteiger partial charge is 0.396 e. The number of rotatable bonds is 7. The Morgan fingerprint density at radius 3 is 2.74 bits per heavy atom. The molecule has 0 bridgehead atoms. The number of aromatic nitrogens is 3. The molecule has 0 amide bonds. The molecule has 1 atom stereocenters. The molecule has 1 unspecified atom stereocenters. The molecule has 0 radical (unpaired) electrons. The first kappa shape index (κ1) is 13.7. The van der Waals surface area contributed by atoms with Gasteiger partial charge >= 0.3 is 0 Å². The van der Waals surface area contributed by atoms with E-state index in [4.69, 9.17) is 5.11 Å². The summed E-state index contributed by atoms with van der Waals surface area (Å²) in [6.07, 6.45) is 3.38. The first-order chi connectivity index (χ1) is 9.31. The first-order valence-electron chi connectivity index (χ1n) is 6.53. The van der Waals surface area contributed by atoms with Crippen molar-refractivity contribution in [3.8, 4) is 0 Å². The predicted molar refractivity (Wildman–Crippen MR) is 73.3 cm³/mol. The van der Waals surface area contributed by atoms with Crippen molar-refractivity contribution >= 4 is 0 Å². The van der Waals surface area contributed by atoms with Crippen LogP contribution in [0.25, 0.3) is 0 Å². The lowest BCUT2D eigenvalue weighted by Gasteiger charge is -2.18. The average molecular weight is 260 g/mol. The molecule has 102 valence electrons. The second kappa shape index (κ2) is 7.01. The smallest absolute Gasteiger partial charge is 0.146 e. The Morgan fingerprint density at radius 2 is 2.11 bits per heavy atom. The number of aliphatic hydroxyl groups excluding tert-OH is 1. The number of hydrogen-bond acceptors (Lipinski definition) is 4. The van der Waals surface area contributed by atoms with E-state index in [1.54, 1.807) is 6.33 Å². The van der Waals surface area contributed by atoms with Crippen molar-refractivity contribution in [2.24, 2.45) is 7.05 Å². The van der Waals surface area contributed by atoms with Gasteiger partial charge in [0, 0.05) is 19.7 Å². The Balaban J connectivity index is 2.00. The second-order valence-electron chi connectivity index (χ2n) is 4.57. The summed E-state index contributed by atoms with van der Waals surface area (Å²) in [5.74, 6) is 0.907. The molecule has 0 saturated carbocycles. The zero-order valence-electron chi connectivity index (χ0n) is 11.2. The number of aryl methyl sites for hydroxylation is 1. The molecule has 0 aliphatic rings. The minimum atomic E-state index is 0.217. The molecular weight excluding hydrogens is 240 g/mol. The van der Waals surface area contributed by atoms with E-state index < -0.39 is 0 Å². The number of hydrogen-bond donors (Lipinski definition) is 2. The molecular formula is C14H20N4O. The van der Waals surface area contributed by atoms with Gasteiger partial charge < -0.3 is 15.0 Å². The molecule has 1 aromatic carbocycles. The lowest BCUT2D eigenvalue weighted by Crippen LogP contribution is -2.23. The van der Waals surface area contributed by atoms with Crippen molar-refractivity contribution in [3.63, 3.8) is 0 Å². The molecule has 0 spiro atoms. The topological polar surface area (TPSA) is 63.0 Å². The normalized spacial score (nSPS) is 12.5. The number of nitrogens with one attached hydrogen (secondary N) is 1. The minimum Gasteiger partial charge on any atom is -0.396 e. The lowest BCUT2D eigenvalue weighted by molar-refractivity contribution is 0.274. The van der Waals surface area contributed by atoms with Crippen LogP contribution < -0.4 is 5.32 Å². The van der Waals surface area contributed by atoms with Crippen LogP contribution in [-0.2, 0) is 13.6 Å². The SMILES string of the molecule is Cn1cnnc1CNC(CCCO)c1ccccc1. The van der Waals surface area contributed by atoms with E-state index >= 15 is 0 Å². The summed E-state index contributed by atoms with van der Waals surface area (Å²) in [5, 5.41) is 20.4. The molecule has 2 rings (SSSR count). The summed E-state index contributed by atoms with van der Waals surface area (Å²) in [7, 11) is 1.93. The van der Waals surface area contributed by atoms with Crippen molar-refractivity contribution < 1.29 is 5.11 Å². The summed E-state index contributed by atoms with van der Waals surface area (Å²) in [5.41, 5.74) is 1.23. The molecule has 0 saturated heterocycles. The van der Waals surface area contributed by atoms with Gasteiger partial charge in [-0.25, -0.2) is 0 Å². The van der Waals surface area contributed by atoms with Crippen LogP contribution in [0.15, 0.2) is 36.7 Å². The Kier molecular flexibility index (Phi) is 5.06. The molecule has 0 fully saturated rings. The highest BCUT2D eigenvalue weighted by Gasteiger charge is 2.11. The Labute approximate surface area is 113 Å². The zero-order chi connectivity index (χ0) is 13.5. The van der Waals surface area contributed by atoms with Crippen LogP contribution in [0.2, 0.25) is 0 Å². The van der Waals surface area contributed by atoms with E-state index in [2.05, 4.69) is 27.6 Å². The van der Waals surface area contributed by atoms with Crippen molar-refractivity contribution in [3.05, 3.63) is 48.0 Å². The van der Waals surface area contributed by atoms with Crippen LogP contribution in [-0.4, -0.2) is 26.5 Å². The Hall–Kier alpha value is -1.72. The molecule has 0 aliphatic heterocycles. The van der Waals surface area contributed by atoms with Crippen molar-refractivity contribution in [1.29, 1.82) is 0 Å². The summed E-state index contributed by atoms with van der Waals surface area (Å²) in [6, 6.07) is 10.5. The minimum absolute atomic E-state index is 0.217. The molecule has 2 aromatic rings. The molecule has 5 heteroatoms. The van der Waals surface area contributed by atoms with Crippen LogP contribution in [0, 0.1) is 0 Å². The summed E-state index contributed by atoms with van der Waals surface area (Å²) in [4.78, 5) is 0. The maximum atomic E-state index is 9.00. The number of aliphatic hydroxyl groups is 1. The number of nitrogens with zero attached hydrogens (tertiary/aromatic N) is 3. The van der Waals surface area contributed by atoms with E-state index in [-0.39, 0.29) is 12.6 Å². The van der Waals surface area contributed by atoms with E-state index in [1.807, 2.05) is 29.8 Å². The summed E-state index contributed by atoms with van der Waals surface area (Å²) < 4.78 is 1.90. The molecule has 2 N–H and O–H groups in total. The van der Waals surface area contributed by atoms with E-state index in [9.17, 15) is 0 Å². The Morgan fingerprint density at radius 1 is 1.32 bits per heavy atom. The van der Waals surface area contributed by atoms with E-state index in [1.165, 1.54) is 5.56 Å². The van der Waals surface area contributed by atoms with Gasteiger partial charge in [-0.2, -0.15) is 0 Å². The van der Waals surface area contributed by atoms with Gasteiger partial charge in [-0.05, 0) is 18.4 Å². The van der Waals surface area contributed by atoms with Gasteiger partial charge in [-0.1, -0.05) is 30.3 Å². The van der Waals surface area contributed by atoms with Gasteiger partial charge in [0.1, 0.15) is 12.2 Å². The zero-order valence-corrected chi connectivity index (χ0v) is 11.2. The van der Waals surface area contributed by atoms with E-state index in [0.717, 1.165) is 18.7 Å². The highest BCUT2D eigenvalue weighted by Crippen LogP contribution is 2.18. The fourth-order valence-electron chi connectivity index (χ4n) is 2.05. The maximum absolute atomic E-state index is 9.00. The highest BCUT2D eigenvalue weighted by atomic mass is 16.2. The molecule has 1 heterocycles. The standard InChI is InChI=1S/C14H20N4O/c1-18-11-16-17-14(18)10-15-13(8-5-9-19)12-6-3-2-4-7-12/h2-4,6-7,11,13,15,19H,5,8-10H2,1H3. The molecule has 1 aromatic heterocycles. The summed E-state index contributed by atoms with van der Waals surface area (Å²) >= 11 is 0. The van der Waals surface area contributed by atoms with Crippen molar-refractivity contribution in [2.75, 3.05) is 6.61 Å². The van der Waals surface area contributed by atoms with Crippen LogP contribution in [0.3, 0.4) is 0 Å². The monoisotopic (exact) mass is 260 g/mol. The van der Waals surface area contributed by atoms with Crippen molar-refractivity contribution in [2.45, 2.75) is 25.4 Å². The first-order valence-corrected chi connectivity index (χ1v) is 6.53. The highest BCUT2D eigenvalue weighted by molar-refractivity contribution is 5.18. The van der Waals surface area contributed by atoms with Gasteiger partial charge in [0.2, 0.25) is 0 Å². The quantitative estimate of drug-likeness (QED) is 0.790. The third-order valence-corrected chi connectivity index (χ3v) is 3.16. The molecule has 19 heavy (non-hydrogen) atoms. The van der Waals surface area contributed by atoms with Crippen LogP contribution in [0.1, 0.15) is 30.3 Å². The fourth-order valence-corrected chi connectivity index (χ4v) is 2.05. The maximum Gasteiger partial charge on any atom is 0.146 e. The second-order valence-corrected chi connectivity index (χ2v) is 4.57. The predicted octanol–water partition coefficient (Wildman–Crippen LogP) is 1.42. The van der Waals surface area contributed by atoms with Crippen LogP contribution in [0.4, 0.5) is 0 Å². The fraction of sp³-hybridized carbons (Fsp3) is 0.429.